The molecule has 0 spiro atoms. The van der Waals surface area contributed by atoms with Crippen LogP contribution in [-0.2, 0) is 11.2 Å². The van der Waals surface area contributed by atoms with Crippen molar-refractivity contribution in [3.05, 3.63) is 48.3 Å². The molecule has 1 saturated heterocycles. The lowest BCUT2D eigenvalue weighted by Gasteiger charge is -2.34. The van der Waals surface area contributed by atoms with E-state index in [4.69, 9.17) is 0 Å². The molecule has 1 aliphatic heterocycles. The number of nitrogens with one attached hydrogen (secondary N) is 1. The third-order valence-electron chi connectivity index (χ3n) is 4.53. The first-order valence-corrected chi connectivity index (χ1v) is 8.88. The Kier molecular flexibility index (Phi) is 5.95. The highest BCUT2D eigenvalue weighted by Gasteiger charge is 2.19. The molecule has 0 radical (unpaired) electrons. The summed E-state index contributed by atoms with van der Waals surface area (Å²) in [5.41, 5.74) is 2.10. The third-order valence-corrected chi connectivity index (χ3v) is 4.53. The van der Waals surface area contributed by atoms with E-state index in [1.165, 1.54) is 5.56 Å². The molecule has 25 heavy (non-hydrogen) atoms. The smallest absolute Gasteiger partial charge is 0.225 e. The number of piperazine rings is 1. The molecule has 0 bridgehead atoms. The summed E-state index contributed by atoms with van der Waals surface area (Å²) in [7, 11) is 0. The average molecular weight is 339 g/mol. The van der Waals surface area contributed by atoms with Gasteiger partial charge in [0.1, 0.15) is 0 Å². The molecule has 0 aliphatic carbocycles. The van der Waals surface area contributed by atoms with Gasteiger partial charge in [-0.3, -0.25) is 9.69 Å². The van der Waals surface area contributed by atoms with Crippen molar-refractivity contribution >= 4 is 17.5 Å². The van der Waals surface area contributed by atoms with Gasteiger partial charge < -0.3 is 10.2 Å². The minimum atomic E-state index is 0.0784. The molecule has 0 saturated carbocycles. The lowest BCUT2D eigenvalue weighted by molar-refractivity contribution is -0.116. The van der Waals surface area contributed by atoms with E-state index in [1.807, 2.05) is 24.3 Å². The van der Waals surface area contributed by atoms with Gasteiger partial charge in [-0.2, -0.15) is 0 Å². The van der Waals surface area contributed by atoms with E-state index >= 15 is 0 Å². The molecule has 6 nitrogen and oxygen atoms in total. The summed E-state index contributed by atoms with van der Waals surface area (Å²) >= 11 is 0. The van der Waals surface area contributed by atoms with Crippen molar-refractivity contribution in [1.82, 2.24) is 14.9 Å². The molecule has 1 amide bonds. The third kappa shape index (κ3) is 4.76. The van der Waals surface area contributed by atoms with E-state index in [2.05, 4.69) is 38.1 Å². The Bertz CT molecular complexity index is 683. The van der Waals surface area contributed by atoms with Crippen LogP contribution in [0.1, 0.15) is 18.9 Å². The van der Waals surface area contributed by atoms with Crippen LogP contribution < -0.4 is 10.2 Å². The summed E-state index contributed by atoms with van der Waals surface area (Å²) < 4.78 is 0. The molecule has 3 rings (SSSR count). The van der Waals surface area contributed by atoms with Gasteiger partial charge in [0.15, 0.2) is 0 Å². The van der Waals surface area contributed by atoms with E-state index in [9.17, 15) is 4.79 Å². The van der Waals surface area contributed by atoms with Crippen LogP contribution in [0.4, 0.5) is 11.6 Å². The van der Waals surface area contributed by atoms with Gasteiger partial charge in [0, 0.05) is 57.2 Å². The van der Waals surface area contributed by atoms with Crippen molar-refractivity contribution in [3.8, 4) is 0 Å². The number of hydrogen-bond donors (Lipinski definition) is 1. The number of aromatic nitrogens is 2. The molecule has 1 aliphatic rings. The molecule has 132 valence electrons. The maximum atomic E-state index is 12.2. The number of carbonyl (C=O) groups excluding carboxylic acids is 1. The Balaban J connectivity index is 1.43. The fourth-order valence-electron chi connectivity index (χ4n) is 3.05. The monoisotopic (exact) mass is 339 g/mol. The molecular formula is C19H25N5O. The number of aryl methyl sites for hydroxylation is 1. The normalized spacial score (nSPS) is 15.2. The molecule has 0 unspecified atom stereocenters. The van der Waals surface area contributed by atoms with Gasteiger partial charge in [0.2, 0.25) is 11.9 Å². The Morgan fingerprint density at radius 2 is 1.80 bits per heavy atom. The van der Waals surface area contributed by atoms with Crippen LogP contribution in [0, 0.1) is 0 Å². The maximum absolute atomic E-state index is 12.2. The summed E-state index contributed by atoms with van der Waals surface area (Å²) in [6.45, 7) is 6.52. The largest absolute Gasteiger partial charge is 0.338 e. The number of nitrogens with zero attached hydrogens (tertiary/aromatic N) is 4. The van der Waals surface area contributed by atoms with Crippen LogP contribution in [-0.4, -0.2) is 53.5 Å². The predicted octanol–water partition coefficient (Wildman–Crippen LogP) is 2.19. The molecule has 0 atom stereocenters. The molecule has 2 aromatic rings. The highest BCUT2D eigenvalue weighted by atomic mass is 16.1. The number of hydrogen-bond acceptors (Lipinski definition) is 5. The van der Waals surface area contributed by atoms with E-state index in [0.29, 0.717) is 6.42 Å². The van der Waals surface area contributed by atoms with Crippen molar-refractivity contribution in [2.45, 2.75) is 19.8 Å². The van der Waals surface area contributed by atoms with Gasteiger partial charge in [-0.05, 0) is 24.1 Å². The molecule has 2 heterocycles. The van der Waals surface area contributed by atoms with Crippen molar-refractivity contribution in [3.63, 3.8) is 0 Å². The number of benzene rings is 1. The van der Waals surface area contributed by atoms with Crippen molar-refractivity contribution in [2.75, 3.05) is 42.9 Å². The maximum Gasteiger partial charge on any atom is 0.225 e. The Morgan fingerprint density at radius 3 is 2.52 bits per heavy atom. The highest BCUT2D eigenvalue weighted by Crippen LogP contribution is 2.16. The molecule has 1 fully saturated rings. The van der Waals surface area contributed by atoms with Gasteiger partial charge >= 0.3 is 0 Å². The van der Waals surface area contributed by atoms with E-state index in [1.54, 1.807) is 12.4 Å². The van der Waals surface area contributed by atoms with Crippen molar-refractivity contribution in [2.24, 2.45) is 0 Å². The molecule has 1 aromatic carbocycles. The SMILES string of the molecule is CCc1ccccc1NC(=O)CCN1CCN(c2ncccn2)CC1. The quantitative estimate of drug-likeness (QED) is 0.874. The number of carbonyl (C=O) groups is 1. The zero-order valence-corrected chi connectivity index (χ0v) is 14.7. The van der Waals surface area contributed by atoms with Crippen LogP contribution in [0.2, 0.25) is 0 Å². The Labute approximate surface area is 148 Å². The summed E-state index contributed by atoms with van der Waals surface area (Å²) in [6.07, 6.45) is 4.97. The zero-order valence-electron chi connectivity index (χ0n) is 14.7. The lowest BCUT2D eigenvalue weighted by Crippen LogP contribution is -2.47. The average Bonchev–Trinajstić information content (AvgIpc) is 2.68. The van der Waals surface area contributed by atoms with E-state index in [-0.39, 0.29) is 5.91 Å². The molecular weight excluding hydrogens is 314 g/mol. The van der Waals surface area contributed by atoms with Crippen LogP contribution in [0.3, 0.4) is 0 Å². The summed E-state index contributed by atoms with van der Waals surface area (Å²) in [5.74, 6) is 0.866. The van der Waals surface area contributed by atoms with Gasteiger partial charge in [-0.15, -0.1) is 0 Å². The Hall–Kier alpha value is -2.47. The van der Waals surface area contributed by atoms with Gasteiger partial charge in [0.25, 0.3) is 0 Å². The van der Waals surface area contributed by atoms with Crippen LogP contribution in [0.15, 0.2) is 42.7 Å². The Morgan fingerprint density at radius 1 is 1.08 bits per heavy atom. The van der Waals surface area contributed by atoms with E-state index < -0.39 is 0 Å². The summed E-state index contributed by atoms with van der Waals surface area (Å²) in [5, 5.41) is 3.04. The van der Waals surface area contributed by atoms with Gasteiger partial charge in [-0.1, -0.05) is 25.1 Å². The van der Waals surface area contributed by atoms with Crippen molar-refractivity contribution in [1.29, 1.82) is 0 Å². The highest BCUT2D eigenvalue weighted by molar-refractivity contribution is 5.91. The van der Waals surface area contributed by atoms with Crippen LogP contribution in [0.25, 0.3) is 0 Å². The first-order valence-electron chi connectivity index (χ1n) is 8.88. The first-order chi connectivity index (χ1) is 12.3. The number of para-hydroxylation sites is 1. The number of anilines is 2. The fourth-order valence-corrected chi connectivity index (χ4v) is 3.05. The van der Waals surface area contributed by atoms with Crippen molar-refractivity contribution < 1.29 is 4.79 Å². The first kappa shape index (κ1) is 17.4. The number of rotatable bonds is 6. The molecule has 6 heteroatoms. The van der Waals surface area contributed by atoms with E-state index in [0.717, 1.165) is 50.8 Å². The van der Waals surface area contributed by atoms with Crippen LogP contribution >= 0.6 is 0 Å². The summed E-state index contributed by atoms with van der Waals surface area (Å²) in [4.78, 5) is 25.3. The molecule has 1 aromatic heterocycles. The second-order valence-electron chi connectivity index (χ2n) is 6.19. The fraction of sp³-hybridized carbons (Fsp3) is 0.421. The minimum Gasteiger partial charge on any atom is -0.338 e. The molecule has 1 N–H and O–H groups in total. The summed E-state index contributed by atoms with van der Waals surface area (Å²) in [6, 6.07) is 9.81. The van der Waals surface area contributed by atoms with Gasteiger partial charge in [-0.25, -0.2) is 9.97 Å². The lowest BCUT2D eigenvalue weighted by atomic mass is 10.1. The van der Waals surface area contributed by atoms with Crippen LogP contribution in [0.5, 0.6) is 0 Å². The standard InChI is InChI=1S/C19H25N5O/c1-2-16-6-3-4-7-17(16)22-18(25)8-11-23-12-14-24(15-13-23)19-20-9-5-10-21-19/h3-7,9-10H,2,8,11-15H2,1H3,(H,22,25). The topological polar surface area (TPSA) is 61.4 Å². The minimum absolute atomic E-state index is 0.0784. The predicted molar refractivity (Wildman–Crippen MR) is 99.8 cm³/mol. The zero-order chi connectivity index (χ0) is 17.5. The second-order valence-corrected chi connectivity index (χ2v) is 6.19. The van der Waals surface area contributed by atoms with Gasteiger partial charge in [0.05, 0.1) is 0 Å². The second kappa shape index (κ2) is 8.58. The number of amides is 1.